The normalized spacial score (nSPS) is 15.0. The van der Waals surface area contributed by atoms with Crippen molar-refractivity contribution in [3.05, 3.63) is 132 Å². The summed E-state index contributed by atoms with van der Waals surface area (Å²) in [5.41, 5.74) is 5.85. The van der Waals surface area contributed by atoms with Crippen LogP contribution in [-0.2, 0) is 16.1 Å². The maximum Gasteiger partial charge on any atom is 0.338 e. The average Bonchev–Trinajstić information content (AvgIpc) is 3.45. The standard InChI is InChI=1S/C36H35N3O4S/c1-6-42-27-18-16-26(17-19-27)33-32(35(41)43-22(2)3)23(4)37-36-39(33)34(40)31(44-36)20-29-24(5)38(21-25-12-8-7-9-13-25)30-15-11-10-14-28(29)30/h7-20,22,33H,6,21H2,1-5H3/b31-20+/t33-/m0/s1. The Labute approximate surface area is 260 Å². The molecule has 0 radical (unpaired) electrons. The summed E-state index contributed by atoms with van der Waals surface area (Å²) in [6.45, 7) is 10.7. The molecule has 2 aromatic heterocycles. The summed E-state index contributed by atoms with van der Waals surface area (Å²) in [7, 11) is 0. The summed E-state index contributed by atoms with van der Waals surface area (Å²) in [6.07, 6.45) is 1.66. The van der Waals surface area contributed by atoms with Crippen LogP contribution in [0, 0.1) is 6.92 Å². The van der Waals surface area contributed by atoms with Gasteiger partial charge in [0, 0.05) is 28.7 Å². The van der Waals surface area contributed by atoms with E-state index in [0.29, 0.717) is 27.2 Å². The van der Waals surface area contributed by atoms with Crippen molar-refractivity contribution in [2.45, 2.75) is 53.3 Å². The summed E-state index contributed by atoms with van der Waals surface area (Å²) >= 11 is 1.34. The number of para-hydroxylation sites is 1. The molecule has 3 heterocycles. The van der Waals surface area contributed by atoms with Crippen molar-refractivity contribution in [1.29, 1.82) is 0 Å². The highest BCUT2D eigenvalue weighted by Gasteiger charge is 2.34. The van der Waals surface area contributed by atoms with Crippen LogP contribution >= 0.6 is 11.3 Å². The van der Waals surface area contributed by atoms with Gasteiger partial charge in [0.25, 0.3) is 5.56 Å². The molecular formula is C36H35N3O4S. The minimum absolute atomic E-state index is 0.200. The Kier molecular flexibility index (Phi) is 8.10. The molecule has 7 nitrogen and oxygen atoms in total. The number of thiazole rings is 1. The summed E-state index contributed by atoms with van der Waals surface area (Å²) in [4.78, 5) is 33.0. The Hall–Kier alpha value is -4.69. The zero-order chi connectivity index (χ0) is 31.0. The lowest BCUT2D eigenvalue weighted by Gasteiger charge is -2.25. The van der Waals surface area contributed by atoms with Gasteiger partial charge in [0.15, 0.2) is 4.80 Å². The fourth-order valence-corrected chi connectivity index (χ4v) is 6.86. The maximum absolute atomic E-state index is 14.3. The molecule has 1 atom stereocenters. The van der Waals surface area contributed by atoms with Crippen LogP contribution in [0.3, 0.4) is 0 Å². The molecule has 0 N–H and O–H groups in total. The Balaban J connectivity index is 1.53. The summed E-state index contributed by atoms with van der Waals surface area (Å²) in [5.74, 6) is 0.243. The number of benzene rings is 3. The maximum atomic E-state index is 14.3. The number of esters is 1. The van der Waals surface area contributed by atoms with Crippen molar-refractivity contribution < 1.29 is 14.3 Å². The van der Waals surface area contributed by atoms with Crippen LogP contribution in [0.25, 0.3) is 17.0 Å². The molecule has 0 fully saturated rings. The van der Waals surface area contributed by atoms with Crippen LogP contribution in [0.1, 0.15) is 56.1 Å². The highest BCUT2D eigenvalue weighted by Crippen LogP contribution is 2.32. The average molecular weight is 606 g/mol. The zero-order valence-corrected chi connectivity index (χ0v) is 26.4. The Bertz CT molecular complexity index is 2070. The number of hydrogen-bond acceptors (Lipinski definition) is 6. The Morgan fingerprint density at radius 1 is 1.00 bits per heavy atom. The van der Waals surface area contributed by atoms with E-state index in [2.05, 4.69) is 35.8 Å². The van der Waals surface area contributed by atoms with Crippen molar-refractivity contribution >= 4 is 34.3 Å². The lowest BCUT2D eigenvalue weighted by atomic mass is 9.96. The van der Waals surface area contributed by atoms with Gasteiger partial charge >= 0.3 is 5.97 Å². The monoisotopic (exact) mass is 605 g/mol. The third-order valence-electron chi connectivity index (χ3n) is 7.83. The second kappa shape index (κ2) is 12.1. The molecule has 0 aliphatic carbocycles. The Morgan fingerprint density at radius 2 is 1.70 bits per heavy atom. The Morgan fingerprint density at radius 3 is 2.41 bits per heavy atom. The first-order valence-corrected chi connectivity index (χ1v) is 15.7. The number of carbonyl (C=O) groups is 1. The molecule has 1 aliphatic rings. The molecule has 3 aromatic carbocycles. The minimum Gasteiger partial charge on any atom is -0.494 e. The van der Waals surface area contributed by atoms with Crippen LogP contribution in [0.15, 0.2) is 99.9 Å². The van der Waals surface area contributed by atoms with Crippen molar-refractivity contribution in [2.75, 3.05) is 6.61 Å². The molecule has 0 bridgehead atoms. The first-order valence-electron chi connectivity index (χ1n) is 14.8. The molecule has 44 heavy (non-hydrogen) atoms. The van der Waals surface area contributed by atoms with Gasteiger partial charge in [-0.15, -0.1) is 0 Å². The van der Waals surface area contributed by atoms with Gasteiger partial charge in [-0.1, -0.05) is 72.0 Å². The third-order valence-corrected chi connectivity index (χ3v) is 8.81. The number of carbonyl (C=O) groups excluding carboxylic acids is 1. The lowest BCUT2D eigenvalue weighted by molar-refractivity contribution is -0.143. The number of rotatable bonds is 8. The van der Waals surface area contributed by atoms with Gasteiger partial charge in [0.05, 0.1) is 34.6 Å². The van der Waals surface area contributed by atoms with Gasteiger partial charge in [0.2, 0.25) is 0 Å². The number of nitrogens with zero attached hydrogens (tertiary/aromatic N) is 3. The molecule has 0 spiro atoms. The highest BCUT2D eigenvalue weighted by atomic mass is 32.1. The number of hydrogen-bond donors (Lipinski definition) is 0. The zero-order valence-electron chi connectivity index (χ0n) is 25.5. The van der Waals surface area contributed by atoms with Gasteiger partial charge in [-0.2, -0.15) is 0 Å². The minimum atomic E-state index is -0.684. The smallest absolute Gasteiger partial charge is 0.338 e. The molecule has 0 amide bonds. The number of ether oxygens (including phenoxy) is 2. The van der Waals surface area contributed by atoms with E-state index in [9.17, 15) is 9.59 Å². The molecule has 224 valence electrons. The molecule has 8 heteroatoms. The quantitative estimate of drug-likeness (QED) is 0.207. The number of aromatic nitrogens is 2. The summed E-state index contributed by atoms with van der Waals surface area (Å²) in [5, 5.41) is 1.08. The van der Waals surface area contributed by atoms with Gasteiger partial charge in [-0.3, -0.25) is 9.36 Å². The summed E-state index contributed by atoms with van der Waals surface area (Å²) in [6, 6.07) is 25.5. The van der Waals surface area contributed by atoms with Gasteiger partial charge in [-0.05, 0) is 70.0 Å². The summed E-state index contributed by atoms with van der Waals surface area (Å²) < 4.78 is 15.8. The van der Waals surface area contributed by atoms with E-state index in [0.717, 1.165) is 40.0 Å². The van der Waals surface area contributed by atoms with Crippen LogP contribution in [0.2, 0.25) is 0 Å². The third kappa shape index (κ3) is 5.42. The van der Waals surface area contributed by atoms with Gasteiger partial charge in [-0.25, -0.2) is 9.79 Å². The predicted octanol–water partition coefficient (Wildman–Crippen LogP) is 5.90. The van der Waals surface area contributed by atoms with Crippen molar-refractivity contribution in [1.82, 2.24) is 9.13 Å². The SMILES string of the molecule is CCOc1ccc([C@H]2C(C(=O)OC(C)C)=C(C)N=c3s/c(=C/c4c(C)n(Cc5ccccc5)c5ccccc45)c(=O)n32)cc1. The van der Waals surface area contributed by atoms with E-state index in [1.54, 1.807) is 11.5 Å². The predicted molar refractivity (Wildman–Crippen MR) is 175 cm³/mol. The van der Waals surface area contributed by atoms with E-state index in [1.165, 1.54) is 16.9 Å². The first kappa shape index (κ1) is 29.4. The largest absolute Gasteiger partial charge is 0.494 e. The molecule has 6 rings (SSSR count). The van der Waals surface area contributed by atoms with Crippen molar-refractivity contribution in [3.8, 4) is 5.75 Å². The molecule has 0 saturated carbocycles. The van der Waals surface area contributed by atoms with Crippen LogP contribution in [-0.4, -0.2) is 27.8 Å². The highest BCUT2D eigenvalue weighted by molar-refractivity contribution is 7.07. The lowest BCUT2D eigenvalue weighted by Crippen LogP contribution is -2.40. The fourth-order valence-electron chi connectivity index (χ4n) is 5.83. The molecule has 0 saturated heterocycles. The topological polar surface area (TPSA) is 74.8 Å². The molecule has 0 unspecified atom stereocenters. The van der Waals surface area contributed by atoms with Crippen molar-refractivity contribution in [2.24, 2.45) is 4.99 Å². The number of allylic oxidation sites excluding steroid dienone is 1. The van der Waals surface area contributed by atoms with E-state index < -0.39 is 12.0 Å². The first-order chi connectivity index (χ1) is 21.3. The second-order valence-corrected chi connectivity index (χ2v) is 12.1. The number of fused-ring (bicyclic) bond motifs is 2. The van der Waals surface area contributed by atoms with Gasteiger partial charge < -0.3 is 14.0 Å². The molecule has 1 aliphatic heterocycles. The van der Waals surface area contributed by atoms with E-state index in [1.807, 2.05) is 81.4 Å². The van der Waals surface area contributed by atoms with E-state index >= 15 is 0 Å². The van der Waals surface area contributed by atoms with Crippen LogP contribution in [0.5, 0.6) is 5.75 Å². The van der Waals surface area contributed by atoms with E-state index in [4.69, 9.17) is 14.5 Å². The van der Waals surface area contributed by atoms with Crippen LogP contribution < -0.4 is 19.6 Å². The second-order valence-electron chi connectivity index (χ2n) is 11.1. The van der Waals surface area contributed by atoms with Crippen molar-refractivity contribution in [3.63, 3.8) is 0 Å². The fraction of sp³-hybridized carbons (Fsp3) is 0.250. The van der Waals surface area contributed by atoms with E-state index in [-0.39, 0.29) is 11.7 Å². The molecule has 5 aromatic rings. The molecular weight excluding hydrogens is 570 g/mol. The van der Waals surface area contributed by atoms with Crippen LogP contribution in [0.4, 0.5) is 0 Å². The van der Waals surface area contributed by atoms with Gasteiger partial charge in [0.1, 0.15) is 5.75 Å².